The lowest BCUT2D eigenvalue weighted by Crippen LogP contribution is -2.37. The fourth-order valence-corrected chi connectivity index (χ4v) is 2.52. The second kappa shape index (κ2) is 7.20. The van der Waals surface area contributed by atoms with Gasteiger partial charge in [0.15, 0.2) is 0 Å². The zero-order chi connectivity index (χ0) is 17.8. The third-order valence-corrected chi connectivity index (χ3v) is 3.87. The highest BCUT2D eigenvalue weighted by molar-refractivity contribution is 5.91. The van der Waals surface area contributed by atoms with Crippen molar-refractivity contribution in [1.82, 2.24) is 10.6 Å². The van der Waals surface area contributed by atoms with Gasteiger partial charge in [0.2, 0.25) is 5.91 Å². The zero-order valence-corrected chi connectivity index (χ0v) is 14.4. The topological polar surface area (TPSA) is 67.4 Å². The smallest absolute Gasteiger partial charge is 0.407 e. The van der Waals surface area contributed by atoms with Gasteiger partial charge in [-0.1, -0.05) is 12.1 Å². The number of amides is 2. The molecule has 1 aliphatic rings. The average Bonchev–Trinajstić information content (AvgIpc) is 3.26. The van der Waals surface area contributed by atoms with E-state index in [0.29, 0.717) is 19.5 Å². The summed E-state index contributed by atoms with van der Waals surface area (Å²) in [6, 6.07) is 6.22. The van der Waals surface area contributed by atoms with Crippen LogP contribution < -0.4 is 10.6 Å². The summed E-state index contributed by atoms with van der Waals surface area (Å²) in [7, 11) is 0. The van der Waals surface area contributed by atoms with Crippen LogP contribution in [0.3, 0.4) is 0 Å². The van der Waals surface area contributed by atoms with Crippen LogP contribution in [0.25, 0.3) is 0 Å². The maximum Gasteiger partial charge on any atom is 0.407 e. The lowest BCUT2D eigenvalue weighted by Gasteiger charge is -2.19. The molecular formula is C18H25FN2O3. The first kappa shape index (κ1) is 18.2. The van der Waals surface area contributed by atoms with Crippen LogP contribution in [0.5, 0.6) is 0 Å². The van der Waals surface area contributed by atoms with Crippen LogP contribution in [0.4, 0.5) is 9.18 Å². The molecule has 2 rings (SSSR count). The molecule has 1 aromatic rings. The maximum atomic E-state index is 13.4. The fraction of sp³-hybridized carbons (Fsp3) is 0.556. The molecule has 6 heteroatoms. The second-order valence-electron chi connectivity index (χ2n) is 7.13. The first-order valence-corrected chi connectivity index (χ1v) is 8.24. The normalized spacial score (nSPS) is 15.5. The summed E-state index contributed by atoms with van der Waals surface area (Å²) in [5, 5.41) is 5.52. The Morgan fingerprint density at radius 3 is 2.46 bits per heavy atom. The van der Waals surface area contributed by atoms with Crippen molar-refractivity contribution in [2.24, 2.45) is 0 Å². The molecule has 0 radical (unpaired) electrons. The molecule has 24 heavy (non-hydrogen) atoms. The number of carbonyl (C=O) groups excluding carboxylic acids is 2. The number of hydrogen-bond acceptors (Lipinski definition) is 3. The van der Waals surface area contributed by atoms with Gasteiger partial charge in [0.1, 0.15) is 11.4 Å². The molecule has 132 valence electrons. The van der Waals surface area contributed by atoms with Gasteiger partial charge in [-0.15, -0.1) is 0 Å². The van der Waals surface area contributed by atoms with Crippen molar-refractivity contribution in [3.05, 3.63) is 35.6 Å². The van der Waals surface area contributed by atoms with Crippen molar-refractivity contribution in [2.45, 2.75) is 51.0 Å². The number of alkyl carbamates (subject to hydrolysis) is 1. The number of rotatable bonds is 6. The van der Waals surface area contributed by atoms with Crippen molar-refractivity contribution in [3.63, 3.8) is 0 Å². The Hall–Kier alpha value is -2.11. The molecule has 0 aromatic heterocycles. The number of carbonyl (C=O) groups is 2. The first-order chi connectivity index (χ1) is 11.2. The van der Waals surface area contributed by atoms with Gasteiger partial charge in [-0.3, -0.25) is 4.79 Å². The molecule has 1 aromatic carbocycles. The summed E-state index contributed by atoms with van der Waals surface area (Å²) in [5.41, 5.74) is -0.380. The Bertz CT molecular complexity index is 607. The molecule has 0 unspecified atom stereocenters. The minimum atomic E-state index is -0.583. The monoisotopic (exact) mass is 336 g/mol. The SMILES string of the molecule is CC(C)(C)OC(=O)NCCCNC(=O)C1(c2cccc(F)c2)CC1. The number of benzene rings is 1. The van der Waals surface area contributed by atoms with Crippen LogP contribution in [0.15, 0.2) is 24.3 Å². The van der Waals surface area contributed by atoms with E-state index >= 15 is 0 Å². The van der Waals surface area contributed by atoms with Crippen LogP contribution in [0.2, 0.25) is 0 Å². The summed E-state index contributed by atoms with van der Waals surface area (Å²) in [5.74, 6) is -0.404. The summed E-state index contributed by atoms with van der Waals surface area (Å²) in [6.07, 6.45) is 1.61. The Balaban J connectivity index is 1.71. The molecule has 0 heterocycles. The minimum absolute atomic E-state index is 0.0784. The molecule has 0 bridgehead atoms. The molecule has 1 aliphatic carbocycles. The van der Waals surface area contributed by atoms with E-state index in [1.165, 1.54) is 12.1 Å². The van der Waals surface area contributed by atoms with Crippen molar-refractivity contribution in [1.29, 1.82) is 0 Å². The van der Waals surface area contributed by atoms with E-state index < -0.39 is 17.1 Å². The molecular weight excluding hydrogens is 311 g/mol. The van der Waals surface area contributed by atoms with E-state index in [-0.39, 0.29) is 11.7 Å². The highest BCUT2D eigenvalue weighted by Gasteiger charge is 2.51. The number of ether oxygens (including phenoxy) is 1. The van der Waals surface area contributed by atoms with E-state index in [2.05, 4.69) is 10.6 Å². The lowest BCUT2D eigenvalue weighted by atomic mass is 9.95. The van der Waals surface area contributed by atoms with Gasteiger partial charge in [0, 0.05) is 13.1 Å². The van der Waals surface area contributed by atoms with Gasteiger partial charge in [-0.25, -0.2) is 9.18 Å². The molecule has 2 N–H and O–H groups in total. The molecule has 0 saturated heterocycles. The number of halogens is 1. The Morgan fingerprint density at radius 1 is 1.21 bits per heavy atom. The van der Waals surface area contributed by atoms with E-state index in [4.69, 9.17) is 4.74 Å². The lowest BCUT2D eigenvalue weighted by molar-refractivity contribution is -0.123. The van der Waals surface area contributed by atoms with Gasteiger partial charge < -0.3 is 15.4 Å². The molecule has 0 aliphatic heterocycles. The Kier molecular flexibility index (Phi) is 5.47. The molecule has 1 saturated carbocycles. The number of nitrogens with one attached hydrogen (secondary N) is 2. The molecule has 0 atom stereocenters. The van der Waals surface area contributed by atoms with Gasteiger partial charge in [-0.05, 0) is 57.7 Å². The quantitative estimate of drug-likeness (QED) is 0.785. The molecule has 1 fully saturated rings. The maximum absolute atomic E-state index is 13.4. The highest BCUT2D eigenvalue weighted by atomic mass is 19.1. The standard InChI is InChI=1S/C18H25FN2O3/c1-17(2,3)24-16(23)21-11-5-10-20-15(22)18(8-9-18)13-6-4-7-14(19)12-13/h4,6-7,12H,5,8-11H2,1-3H3,(H,20,22)(H,21,23). The van der Waals surface area contributed by atoms with Gasteiger partial charge in [0.25, 0.3) is 0 Å². The van der Waals surface area contributed by atoms with Crippen molar-refractivity contribution in [2.75, 3.05) is 13.1 Å². The van der Waals surface area contributed by atoms with Gasteiger partial charge in [-0.2, -0.15) is 0 Å². The Morgan fingerprint density at radius 2 is 1.88 bits per heavy atom. The highest BCUT2D eigenvalue weighted by Crippen LogP contribution is 2.48. The third kappa shape index (κ3) is 4.94. The van der Waals surface area contributed by atoms with Gasteiger partial charge in [0.05, 0.1) is 5.41 Å². The second-order valence-corrected chi connectivity index (χ2v) is 7.13. The largest absolute Gasteiger partial charge is 0.444 e. The van der Waals surface area contributed by atoms with Crippen LogP contribution in [0, 0.1) is 5.82 Å². The predicted molar refractivity (Wildman–Crippen MR) is 89.2 cm³/mol. The van der Waals surface area contributed by atoms with Crippen molar-refractivity contribution < 1.29 is 18.7 Å². The van der Waals surface area contributed by atoms with Crippen LogP contribution in [-0.2, 0) is 14.9 Å². The molecule has 5 nitrogen and oxygen atoms in total. The first-order valence-electron chi connectivity index (χ1n) is 8.24. The third-order valence-electron chi connectivity index (χ3n) is 3.87. The summed E-state index contributed by atoms with van der Waals surface area (Å²) in [4.78, 5) is 23.9. The molecule has 2 amide bonds. The predicted octanol–water partition coefficient (Wildman–Crippen LogP) is 2.89. The van der Waals surface area contributed by atoms with Crippen LogP contribution >= 0.6 is 0 Å². The average molecular weight is 336 g/mol. The van der Waals surface area contributed by atoms with E-state index in [9.17, 15) is 14.0 Å². The summed E-state index contributed by atoms with van der Waals surface area (Å²) < 4.78 is 18.5. The zero-order valence-electron chi connectivity index (χ0n) is 14.4. The van der Waals surface area contributed by atoms with Gasteiger partial charge >= 0.3 is 6.09 Å². The van der Waals surface area contributed by atoms with Crippen LogP contribution in [0.1, 0.15) is 45.6 Å². The number of hydrogen-bond donors (Lipinski definition) is 2. The molecule has 0 spiro atoms. The fourth-order valence-electron chi connectivity index (χ4n) is 2.52. The van der Waals surface area contributed by atoms with Crippen molar-refractivity contribution >= 4 is 12.0 Å². The minimum Gasteiger partial charge on any atom is -0.444 e. The van der Waals surface area contributed by atoms with E-state index in [1.807, 2.05) is 0 Å². The Labute approximate surface area is 142 Å². The summed E-state index contributed by atoms with van der Waals surface area (Å²) >= 11 is 0. The van der Waals surface area contributed by atoms with E-state index in [1.54, 1.807) is 32.9 Å². The summed E-state index contributed by atoms with van der Waals surface area (Å²) in [6.45, 7) is 6.27. The van der Waals surface area contributed by atoms with Crippen molar-refractivity contribution in [3.8, 4) is 0 Å². The van der Waals surface area contributed by atoms with Crippen LogP contribution in [-0.4, -0.2) is 30.7 Å². The van der Waals surface area contributed by atoms with E-state index in [0.717, 1.165) is 18.4 Å².